The SMILES string of the molecule is CCN(CC)c1ccc([N+](=O)[O-])cc1/C=N\NC(=S)Nc1ccccc1. The van der Waals surface area contributed by atoms with Gasteiger partial charge in [0.05, 0.1) is 11.1 Å². The highest BCUT2D eigenvalue weighted by molar-refractivity contribution is 7.80. The highest BCUT2D eigenvalue weighted by Crippen LogP contribution is 2.24. The van der Waals surface area contributed by atoms with E-state index >= 15 is 0 Å². The minimum atomic E-state index is -0.418. The van der Waals surface area contributed by atoms with Crippen molar-refractivity contribution >= 4 is 40.6 Å². The quantitative estimate of drug-likeness (QED) is 0.334. The van der Waals surface area contributed by atoms with Gasteiger partial charge < -0.3 is 10.2 Å². The van der Waals surface area contributed by atoms with E-state index in [0.717, 1.165) is 24.5 Å². The van der Waals surface area contributed by atoms with Crippen molar-refractivity contribution in [2.24, 2.45) is 5.10 Å². The first-order valence-corrected chi connectivity index (χ1v) is 8.64. The Balaban J connectivity index is 2.15. The molecule has 0 saturated carbocycles. The molecular formula is C18H21N5O2S. The second-order valence-electron chi connectivity index (χ2n) is 5.36. The van der Waals surface area contributed by atoms with Gasteiger partial charge in [-0.3, -0.25) is 15.5 Å². The standard InChI is InChI=1S/C18H21N5O2S/c1-3-22(4-2)17-11-10-16(23(24)25)12-14(17)13-19-21-18(26)20-15-8-6-5-7-9-15/h5-13H,3-4H2,1-2H3,(H2,20,21,26)/b19-13-. The van der Waals surface area contributed by atoms with Crippen LogP contribution in [0.25, 0.3) is 0 Å². The lowest BCUT2D eigenvalue weighted by Gasteiger charge is -2.22. The van der Waals surface area contributed by atoms with Gasteiger partial charge in [0.25, 0.3) is 5.69 Å². The zero-order valence-electron chi connectivity index (χ0n) is 14.7. The first-order valence-electron chi connectivity index (χ1n) is 8.23. The van der Waals surface area contributed by atoms with Crippen LogP contribution in [0, 0.1) is 10.1 Å². The fourth-order valence-corrected chi connectivity index (χ4v) is 2.62. The molecule has 0 radical (unpaired) electrons. The summed E-state index contributed by atoms with van der Waals surface area (Å²) in [4.78, 5) is 12.7. The van der Waals surface area contributed by atoms with E-state index in [1.54, 1.807) is 12.3 Å². The average Bonchev–Trinajstić information content (AvgIpc) is 2.64. The van der Waals surface area contributed by atoms with Crippen LogP contribution in [0.5, 0.6) is 0 Å². The number of hydrazone groups is 1. The van der Waals surface area contributed by atoms with Crippen molar-refractivity contribution in [1.29, 1.82) is 0 Å². The summed E-state index contributed by atoms with van der Waals surface area (Å²) in [7, 11) is 0. The zero-order valence-corrected chi connectivity index (χ0v) is 15.5. The molecule has 0 aliphatic carbocycles. The van der Waals surface area contributed by atoms with Crippen LogP contribution in [-0.4, -0.2) is 29.3 Å². The first-order chi connectivity index (χ1) is 12.5. The number of para-hydroxylation sites is 1. The Morgan fingerprint density at radius 3 is 2.54 bits per heavy atom. The Hall–Kier alpha value is -3.00. The monoisotopic (exact) mass is 371 g/mol. The van der Waals surface area contributed by atoms with E-state index in [4.69, 9.17) is 12.2 Å². The summed E-state index contributed by atoms with van der Waals surface area (Å²) in [6.45, 7) is 5.64. The molecular weight excluding hydrogens is 350 g/mol. The number of nitrogens with one attached hydrogen (secondary N) is 2. The summed E-state index contributed by atoms with van der Waals surface area (Å²) < 4.78 is 0. The van der Waals surface area contributed by atoms with Gasteiger partial charge in [-0.1, -0.05) is 18.2 Å². The molecule has 2 aromatic rings. The Morgan fingerprint density at radius 2 is 1.92 bits per heavy atom. The molecule has 0 aromatic heterocycles. The van der Waals surface area contributed by atoms with Crippen molar-refractivity contribution in [3.63, 3.8) is 0 Å². The molecule has 0 spiro atoms. The summed E-state index contributed by atoms with van der Waals surface area (Å²) in [6, 6.07) is 14.2. The van der Waals surface area contributed by atoms with E-state index < -0.39 is 4.92 Å². The maximum Gasteiger partial charge on any atom is 0.270 e. The number of anilines is 2. The molecule has 2 aromatic carbocycles. The van der Waals surface area contributed by atoms with Crippen molar-refractivity contribution in [3.8, 4) is 0 Å². The van der Waals surface area contributed by atoms with Crippen LogP contribution in [0.2, 0.25) is 0 Å². The predicted molar refractivity (Wildman–Crippen MR) is 110 cm³/mol. The molecule has 0 aliphatic rings. The third-order valence-electron chi connectivity index (χ3n) is 3.73. The smallest absolute Gasteiger partial charge is 0.270 e. The topological polar surface area (TPSA) is 82.8 Å². The molecule has 7 nitrogen and oxygen atoms in total. The lowest BCUT2D eigenvalue weighted by atomic mass is 10.1. The molecule has 0 saturated heterocycles. The number of nitrogens with zero attached hydrogens (tertiary/aromatic N) is 3. The molecule has 0 amide bonds. The normalized spacial score (nSPS) is 10.5. The lowest BCUT2D eigenvalue weighted by Crippen LogP contribution is -2.25. The van der Waals surface area contributed by atoms with Gasteiger partial charge in [0.15, 0.2) is 5.11 Å². The van der Waals surface area contributed by atoms with Crippen molar-refractivity contribution in [3.05, 3.63) is 64.2 Å². The van der Waals surface area contributed by atoms with E-state index in [1.165, 1.54) is 12.1 Å². The highest BCUT2D eigenvalue weighted by atomic mass is 32.1. The zero-order chi connectivity index (χ0) is 18.9. The largest absolute Gasteiger partial charge is 0.372 e. The molecule has 0 heterocycles. The van der Waals surface area contributed by atoms with E-state index in [9.17, 15) is 10.1 Å². The maximum absolute atomic E-state index is 11.1. The van der Waals surface area contributed by atoms with Gasteiger partial charge in [-0.15, -0.1) is 0 Å². The molecule has 0 unspecified atom stereocenters. The van der Waals surface area contributed by atoms with Crippen molar-refractivity contribution in [2.75, 3.05) is 23.3 Å². The summed E-state index contributed by atoms with van der Waals surface area (Å²) in [5, 5.41) is 18.5. The van der Waals surface area contributed by atoms with Crippen molar-refractivity contribution in [1.82, 2.24) is 5.43 Å². The molecule has 8 heteroatoms. The number of hydrogen-bond acceptors (Lipinski definition) is 5. The van der Waals surface area contributed by atoms with E-state index in [2.05, 4.69) is 20.7 Å². The number of rotatable bonds is 7. The molecule has 0 fully saturated rings. The Labute approximate surface area is 157 Å². The van der Waals surface area contributed by atoms with E-state index in [1.807, 2.05) is 44.2 Å². The second-order valence-corrected chi connectivity index (χ2v) is 5.77. The number of hydrogen-bond donors (Lipinski definition) is 2. The van der Waals surface area contributed by atoms with Crippen LogP contribution in [0.3, 0.4) is 0 Å². The van der Waals surface area contributed by atoms with Gasteiger partial charge in [0, 0.05) is 42.2 Å². The van der Waals surface area contributed by atoms with Crippen LogP contribution in [0.4, 0.5) is 17.1 Å². The van der Waals surface area contributed by atoms with Crippen molar-refractivity contribution < 1.29 is 4.92 Å². The van der Waals surface area contributed by atoms with E-state index in [0.29, 0.717) is 10.7 Å². The van der Waals surface area contributed by atoms with Crippen molar-refractivity contribution in [2.45, 2.75) is 13.8 Å². The summed E-state index contributed by atoms with van der Waals surface area (Å²) in [6.07, 6.45) is 1.54. The number of non-ortho nitro benzene ring substituents is 1. The third-order valence-corrected chi connectivity index (χ3v) is 3.92. The lowest BCUT2D eigenvalue weighted by molar-refractivity contribution is -0.384. The van der Waals surface area contributed by atoms with Crippen LogP contribution in [0.1, 0.15) is 19.4 Å². The minimum Gasteiger partial charge on any atom is -0.372 e. The summed E-state index contributed by atoms with van der Waals surface area (Å²) in [5.74, 6) is 0. The second kappa shape index (κ2) is 9.47. The number of benzene rings is 2. The molecule has 0 aliphatic heterocycles. The molecule has 0 bridgehead atoms. The molecule has 0 atom stereocenters. The average molecular weight is 371 g/mol. The summed E-state index contributed by atoms with van der Waals surface area (Å²) >= 11 is 5.19. The predicted octanol–water partition coefficient (Wildman–Crippen LogP) is 3.76. The molecule has 136 valence electrons. The number of thiocarbonyl (C=S) groups is 1. The highest BCUT2D eigenvalue weighted by Gasteiger charge is 2.13. The van der Waals surface area contributed by atoms with Crippen LogP contribution >= 0.6 is 12.2 Å². The Morgan fingerprint density at radius 1 is 1.23 bits per heavy atom. The fraction of sp³-hybridized carbons (Fsp3) is 0.222. The fourth-order valence-electron chi connectivity index (χ4n) is 2.45. The third kappa shape index (κ3) is 5.25. The van der Waals surface area contributed by atoms with Gasteiger partial charge in [-0.25, -0.2) is 0 Å². The Kier molecular flexibility index (Phi) is 7.04. The maximum atomic E-state index is 11.1. The van der Waals surface area contributed by atoms with Crippen LogP contribution in [-0.2, 0) is 0 Å². The van der Waals surface area contributed by atoms with Gasteiger partial charge in [0.2, 0.25) is 0 Å². The first kappa shape index (κ1) is 19.3. The van der Waals surface area contributed by atoms with Crippen LogP contribution < -0.4 is 15.6 Å². The van der Waals surface area contributed by atoms with Gasteiger partial charge >= 0.3 is 0 Å². The molecule has 2 rings (SSSR count). The number of nitro groups is 1. The minimum absolute atomic E-state index is 0.0207. The number of nitro benzene ring substituents is 1. The van der Waals surface area contributed by atoms with Crippen LogP contribution in [0.15, 0.2) is 53.6 Å². The van der Waals surface area contributed by atoms with Gasteiger partial charge in [-0.05, 0) is 44.3 Å². The van der Waals surface area contributed by atoms with Gasteiger partial charge in [0.1, 0.15) is 0 Å². The van der Waals surface area contributed by atoms with E-state index in [-0.39, 0.29) is 5.69 Å². The Bertz CT molecular complexity index is 791. The van der Waals surface area contributed by atoms with Gasteiger partial charge in [-0.2, -0.15) is 5.10 Å². The molecule has 26 heavy (non-hydrogen) atoms. The summed E-state index contributed by atoms with van der Waals surface area (Å²) in [5.41, 5.74) is 5.13. The molecule has 2 N–H and O–H groups in total.